The number of cyclic esters (lactones) is 2. The topological polar surface area (TPSA) is 167 Å². The Balaban J connectivity index is 0.000000157. The monoisotopic (exact) mass is 917 g/mol. The average Bonchev–Trinajstić information content (AvgIpc) is 3.79. The van der Waals surface area contributed by atoms with Crippen molar-refractivity contribution in [1.29, 1.82) is 0 Å². The second-order valence-electron chi connectivity index (χ2n) is 18.7. The van der Waals surface area contributed by atoms with E-state index in [1.165, 1.54) is 6.07 Å². The van der Waals surface area contributed by atoms with Gasteiger partial charge in [0.25, 0.3) is 11.1 Å². The first-order valence-corrected chi connectivity index (χ1v) is 22.8. The summed E-state index contributed by atoms with van der Waals surface area (Å²) in [5.41, 5.74) is 13.0. The third-order valence-electron chi connectivity index (χ3n) is 14.1. The summed E-state index contributed by atoms with van der Waals surface area (Å²) >= 11 is 0. The van der Waals surface area contributed by atoms with E-state index in [1.54, 1.807) is 22.1 Å². The fraction of sp³-hybridized carbons (Fsp3) is 0.412. The van der Waals surface area contributed by atoms with E-state index >= 15 is 0 Å². The van der Waals surface area contributed by atoms with E-state index in [-0.39, 0.29) is 61.4 Å². The van der Waals surface area contributed by atoms with Crippen molar-refractivity contribution in [3.05, 3.63) is 125 Å². The van der Waals surface area contributed by atoms with Crippen molar-refractivity contribution in [2.45, 2.75) is 136 Å². The summed E-state index contributed by atoms with van der Waals surface area (Å²) in [5.74, 6) is -3.13. The van der Waals surface area contributed by atoms with E-state index in [9.17, 15) is 32.3 Å². The molecule has 2 N–H and O–H groups in total. The van der Waals surface area contributed by atoms with Gasteiger partial charge >= 0.3 is 11.9 Å². The van der Waals surface area contributed by atoms with E-state index in [0.717, 1.165) is 39.8 Å². The van der Waals surface area contributed by atoms with Gasteiger partial charge in [0, 0.05) is 45.6 Å². The predicted molar refractivity (Wildman–Crippen MR) is 242 cm³/mol. The highest BCUT2D eigenvalue weighted by atomic mass is 19.2. The number of hydrogen-bond donors (Lipinski definition) is 1. The van der Waals surface area contributed by atoms with Crippen LogP contribution in [0.1, 0.15) is 123 Å². The molecule has 8 heterocycles. The number of halogens is 3. The fourth-order valence-electron chi connectivity index (χ4n) is 11.0. The van der Waals surface area contributed by atoms with Gasteiger partial charge in [0.2, 0.25) is 0 Å². The van der Waals surface area contributed by atoms with Gasteiger partial charge in [0.1, 0.15) is 24.6 Å². The number of carbonyl (C=O) groups is 2. The minimum atomic E-state index is -1.36. The van der Waals surface area contributed by atoms with E-state index in [4.69, 9.17) is 29.7 Å². The molecule has 0 saturated heterocycles. The van der Waals surface area contributed by atoms with Crippen LogP contribution >= 0.6 is 0 Å². The Bertz CT molecular complexity index is 3290. The number of nitrogens with two attached hydrogens (primary N) is 1. The second kappa shape index (κ2) is 15.9. The highest BCUT2D eigenvalue weighted by Crippen LogP contribution is 2.47. The maximum Gasteiger partial charge on any atom is 0.343 e. The summed E-state index contributed by atoms with van der Waals surface area (Å²) in [4.78, 5) is 62.0. The fourth-order valence-corrected chi connectivity index (χ4v) is 11.0. The molecule has 0 radical (unpaired) electrons. The largest absolute Gasteiger partial charge is 0.460 e. The molecule has 0 saturated carbocycles. The number of rotatable bonds is 6. The van der Waals surface area contributed by atoms with Gasteiger partial charge in [-0.1, -0.05) is 13.8 Å². The van der Waals surface area contributed by atoms with Crippen molar-refractivity contribution < 1.29 is 41.7 Å². The lowest BCUT2D eigenvalue weighted by atomic mass is 9.82. The zero-order valence-corrected chi connectivity index (χ0v) is 38.3. The Morgan fingerprint density at radius 1 is 0.746 bits per heavy atom. The lowest BCUT2D eigenvalue weighted by molar-refractivity contribution is -0.187. The van der Waals surface area contributed by atoms with Gasteiger partial charge < -0.3 is 33.8 Å². The van der Waals surface area contributed by atoms with Crippen LogP contribution in [0.5, 0.6) is 0 Å². The van der Waals surface area contributed by atoms with Gasteiger partial charge in [-0.2, -0.15) is 0 Å². The Hall–Kier alpha value is -6.23. The molecule has 67 heavy (non-hydrogen) atoms. The highest BCUT2D eigenvalue weighted by molar-refractivity contribution is 5.93. The highest BCUT2D eigenvalue weighted by Gasteiger charge is 2.49. The number of pyridine rings is 4. The SMILES string of the molecule is CC[C@@]1(OC(C)C)CC(=O)OCc2c1cc1n(c2=O)Cc2cc3cc(F)c(F)cc3nc2-1.CC[C@]1(OC(C)C)C(=O)OCc2c1cc1n(c2=O)Cc2c-1nc1cc(F)c(C)c3c1c2[C@@H](N)CC3. The van der Waals surface area contributed by atoms with Crippen LogP contribution in [-0.4, -0.2) is 43.2 Å². The van der Waals surface area contributed by atoms with Crippen molar-refractivity contribution >= 4 is 33.7 Å². The summed E-state index contributed by atoms with van der Waals surface area (Å²) in [6.45, 7) is 13.4. The molecule has 0 amide bonds. The normalized spacial score (nSPS) is 20.9. The maximum atomic E-state index is 14.8. The van der Waals surface area contributed by atoms with E-state index in [1.807, 2.05) is 53.7 Å². The molecule has 4 aliphatic heterocycles. The van der Waals surface area contributed by atoms with Gasteiger partial charge in [-0.25, -0.2) is 27.9 Å². The van der Waals surface area contributed by atoms with Gasteiger partial charge in [0.05, 0.1) is 76.7 Å². The Kier molecular flexibility index (Phi) is 10.6. The van der Waals surface area contributed by atoms with E-state index in [2.05, 4.69) is 4.98 Å². The molecule has 16 heteroatoms. The number of benzene rings is 2. The van der Waals surface area contributed by atoms with Gasteiger partial charge in [-0.3, -0.25) is 14.4 Å². The summed E-state index contributed by atoms with van der Waals surface area (Å²) in [7, 11) is 0. The molecule has 0 fully saturated rings. The molecule has 2 aromatic carbocycles. The molecular formula is C51H50F3N5O8. The number of esters is 2. The molecule has 5 aliphatic rings. The van der Waals surface area contributed by atoms with Gasteiger partial charge in [-0.15, -0.1) is 0 Å². The molecule has 6 aromatic rings. The Morgan fingerprint density at radius 3 is 2.07 bits per heavy atom. The third kappa shape index (κ3) is 6.76. The number of nitrogens with zero attached hydrogens (tertiary/aromatic N) is 4. The van der Waals surface area contributed by atoms with Crippen molar-refractivity contribution in [3.63, 3.8) is 0 Å². The second-order valence-corrected chi connectivity index (χ2v) is 18.7. The molecule has 0 spiro atoms. The lowest BCUT2D eigenvalue weighted by Gasteiger charge is -2.37. The average molecular weight is 918 g/mol. The smallest absolute Gasteiger partial charge is 0.343 e. The first-order chi connectivity index (χ1) is 31.9. The number of hydrogen-bond acceptors (Lipinski definition) is 11. The molecule has 11 rings (SSSR count). The zero-order valence-electron chi connectivity index (χ0n) is 38.3. The molecule has 3 atom stereocenters. The predicted octanol–water partition coefficient (Wildman–Crippen LogP) is 8.09. The standard InChI is InChI=1S/C27H28FN3O4.C24H22F2N2O4/c1-5-27(35-12(2)3)17-8-21-24-15(10-31(21)25(32)16(17)11-34-26(27)33)22-19(29)7-6-14-13(4)18(28)9-20(30-24)23(14)22;1-4-24(32-12(2)3)9-21(29)31-11-15-16(24)7-20-22-14(10-28(20)23(15)30)5-13-6-17(25)18(26)8-19(13)27-22/h8-9,12,19H,5-7,10-11,29H2,1-4H3;5-8,12H,4,9-11H2,1-3H3/t19-,27+;24-/m01/s1. The molecule has 4 aromatic heterocycles. The summed E-state index contributed by atoms with van der Waals surface area (Å²) in [6, 6.07) is 8.82. The summed E-state index contributed by atoms with van der Waals surface area (Å²) in [5, 5.41) is 1.38. The molecular weight excluding hydrogens is 868 g/mol. The number of aryl methyl sites for hydroxylation is 1. The van der Waals surface area contributed by atoms with Crippen LogP contribution in [0.15, 0.2) is 46.0 Å². The van der Waals surface area contributed by atoms with Crippen LogP contribution < -0.4 is 16.9 Å². The summed E-state index contributed by atoms with van der Waals surface area (Å²) in [6.07, 6.45) is 1.75. The minimum absolute atomic E-state index is 0.0000669. The molecule has 0 unspecified atom stereocenters. The Morgan fingerprint density at radius 2 is 1.37 bits per heavy atom. The first kappa shape index (κ1) is 44.6. The van der Waals surface area contributed by atoms with Gasteiger partial charge in [-0.05, 0) is 107 Å². The van der Waals surface area contributed by atoms with E-state index < -0.39 is 34.8 Å². The van der Waals surface area contributed by atoms with Crippen LogP contribution in [0, 0.1) is 24.4 Å². The van der Waals surface area contributed by atoms with E-state index in [0.29, 0.717) is 99.2 Å². The van der Waals surface area contributed by atoms with Crippen molar-refractivity contribution in [2.75, 3.05) is 0 Å². The lowest BCUT2D eigenvalue weighted by Crippen LogP contribution is -2.47. The Labute approximate surface area is 383 Å². The van der Waals surface area contributed by atoms with Crippen molar-refractivity contribution in [2.24, 2.45) is 5.73 Å². The quantitative estimate of drug-likeness (QED) is 0.160. The number of ether oxygens (including phenoxy) is 4. The zero-order chi connectivity index (χ0) is 47.6. The maximum absolute atomic E-state index is 14.8. The van der Waals surface area contributed by atoms with Crippen LogP contribution in [0.25, 0.3) is 44.6 Å². The molecule has 0 bridgehead atoms. The number of fused-ring (bicyclic) bond motifs is 10. The van der Waals surface area contributed by atoms with Crippen LogP contribution in [0.3, 0.4) is 0 Å². The van der Waals surface area contributed by atoms with Crippen LogP contribution in [0.4, 0.5) is 13.2 Å². The van der Waals surface area contributed by atoms with Crippen LogP contribution in [0.2, 0.25) is 0 Å². The van der Waals surface area contributed by atoms with Crippen molar-refractivity contribution in [3.8, 4) is 22.8 Å². The molecule has 13 nitrogen and oxygen atoms in total. The van der Waals surface area contributed by atoms with Crippen molar-refractivity contribution in [1.82, 2.24) is 19.1 Å². The van der Waals surface area contributed by atoms with Crippen LogP contribution in [-0.2, 0) is 72.5 Å². The first-order valence-electron chi connectivity index (χ1n) is 22.8. The minimum Gasteiger partial charge on any atom is -0.460 e. The number of aromatic nitrogens is 4. The molecule has 1 aliphatic carbocycles. The molecule has 348 valence electrons. The third-order valence-corrected chi connectivity index (χ3v) is 14.1. The van der Waals surface area contributed by atoms with Gasteiger partial charge in [0.15, 0.2) is 17.2 Å². The number of carbonyl (C=O) groups excluding carboxylic acids is 2. The summed E-state index contributed by atoms with van der Waals surface area (Å²) < 4.78 is 68.7.